The maximum atomic E-state index is 6.05. The number of nitrogen functional groups attached to an aromatic ring is 1. The fourth-order valence-corrected chi connectivity index (χ4v) is 4.49. The van der Waals surface area contributed by atoms with Crippen molar-refractivity contribution >= 4 is 17.4 Å². The lowest BCUT2D eigenvalue weighted by atomic mass is 9.83. The standard InChI is InChI=1S/C15H23NOS/c1-10-6-11(2)8-13(7-10)18-15-9-12(17-3)4-5-14(15)16/h4-5,9-11,13H,6-8,16H2,1-3H3. The average molecular weight is 265 g/mol. The van der Waals surface area contributed by atoms with Crippen LogP contribution in [0.15, 0.2) is 23.1 Å². The number of ether oxygens (including phenoxy) is 1. The summed E-state index contributed by atoms with van der Waals surface area (Å²) < 4.78 is 5.27. The van der Waals surface area contributed by atoms with E-state index < -0.39 is 0 Å². The first-order chi connectivity index (χ1) is 8.58. The minimum Gasteiger partial charge on any atom is -0.497 e. The molecule has 0 spiro atoms. The SMILES string of the molecule is COc1ccc(N)c(SC2CC(C)CC(C)C2)c1. The van der Waals surface area contributed by atoms with Gasteiger partial charge in [0, 0.05) is 15.8 Å². The molecule has 2 nitrogen and oxygen atoms in total. The molecule has 1 aliphatic carbocycles. The molecule has 2 unspecified atom stereocenters. The van der Waals surface area contributed by atoms with Gasteiger partial charge in [-0.15, -0.1) is 11.8 Å². The third-order valence-electron chi connectivity index (χ3n) is 3.65. The van der Waals surface area contributed by atoms with Gasteiger partial charge in [0.2, 0.25) is 0 Å². The molecular formula is C15H23NOS. The Balaban J connectivity index is 2.08. The van der Waals surface area contributed by atoms with Gasteiger partial charge >= 0.3 is 0 Å². The van der Waals surface area contributed by atoms with Crippen molar-refractivity contribution in [2.75, 3.05) is 12.8 Å². The normalized spacial score (nSPS) is 28.1. The molecule has 1 aliphatic rings. The largest absolute Gasteiger partial charge is 0.497 e. The zero-order valence-electron chi connectivity index (χ0n) is 11.5. The molecule has 0 heterocycles. The smallest absolute Gasteiger partial charge is 0.120 e. The molecule has 0 amide bonds. The van der Waals surface area contributed by atoms with E-state index in [0.717, 1.165) is 23.3 Å². The van der Waals surface area contributed by atoms with Crippen LogP contribution in [0.1, 0.15) is 33.1 Å². The maximum Gasteiger partial charge on any atom is 0.120 e. The number of hydrogen-bond donors (Lipinski definition) is 1. The molecule has 0 bridgehead atoms. The molecule has 2 rings (SSSR count). The number of benzene rings is 1. The van der Waals surface area contributed by atoms with Gasteiger partial charge in [0.05, 0.1) is 7.11 Å². The average Bonchev–Trinajstić information content (AvgIpc) is 2.30. The number of nitrogens with two attached hydrogens (primary N) is 1. The molecule has 2 N–H and O–H groups in total. The number of methoxy groups -OCH3 is 1. The van der Waals surface area contributed by atoms with Crippen LogP contribution in [-0.2, 0) is 0 Å². The molecule has 0 aliphatic heterocycles. The van der Waals surface area contributed by atoms with Gasteiger partial charge in [0.1, 0.15) is 5.75 Å². The van der Waals surface area contributed by atoms with E-state index in [9.17, 15) is 0 Å². The Hall–Kier alpha value is -0.830. The molecule has 1 aromatic carbocycles. The van der Waals surface area contributed by atoms with Gasteiger partial charge in [0.25, 0.3) is 0 Å². The van der Waals surface area contributed by atoms with Crippen LogP contribution in [0.25, 0.3) is 0 Å². The zero-order valence-corrected chi connectivity index (χ0v) is 12.3. The van der Waals surface area contributed by atoms with E-state index in [1.165, 1.54) is 24.2 Å². The highest BCUT2D eigenvalue weighted by molar-refractivity contribution is 8.00. The summed E-state index contributed by atoms with van der Waals surface area (Å²) >= 11 is 1.92. The van der Waals surface area contributed by atoms with Crippen molar-refractivity contribution in [1.82, 2.24) is 0 Å². The summed E-state index contributed by atoms with van der Waals surface area (Å²) in [5.41, 5.74) is 6.92. The predicted octanol–water partition coefficient (Wildman–Crippen LogP) is 4.19. The van der Waals surface area contributed by atoms with Crippen molar-refractivity contribution in [3.05, 3.63) is 18.2 Å². The summed E-state index contributed by atoms with van der Waals surface area (Å²) in [6.07, 6.45) is 3.96. The lowest BCUT2D eigenvalue weighted by Crippen LogP contribution is -2.21. The van der Waals surface area contributed by atoms with Crippen LogP contribution in [0.5, 0.6) is 5.75 Å². The summed E-state index contributed by atoms with van der Waals surface area (Å²) in [4.78, 5) is 1.17. The molecule has 1 fully saturated rings. The van der Waals surface area contributed by atoms with E-state index in [1.807, 2.05) is 23.9 Å². The Labute approximate surface area is 114 Å². The van der Waals surface area contributed by atoms with E-state index in [0.29, 0.717) is 5.25 Å². The lowest BCUT2D eigenvalue weighted by molar-refractivity contribution is 0.309. The van der Waals surface area contributed by atoms with Gasteiger partial charge in [-0.25, -0.2) is 0 Å². The molecule has 2 atom stereocenters. The van der Waals surface area contributed by atoms with Crippen LogP contribution in [-0.4, -0.2) is 12.4 Å². The maximum absolute atomic E-state index is 6.05. The van der Waals surface area contributed by atoms with Crippen molar-refractivity contribution in [2.24, 2.45) is 11.8 Å². The molecule has 3 heteroatoms. The Morgan fingerprint density at radius 2 is 1.83 bits per heavy atom. The van der Waals surface area contributed by atoms with Crippen molar-refractivity contribution in [2.45, 2.75) is 43.3 Å². The Morgan fingerprint density at radius 1 is 1.17 bits per heavy atom. The third-order valence-corrected chi connectivity index (χ3v) is 4.98. The van der Waals surface area contributed by atoms with E-state index >= 15 is 0 Å². The van der Waals surface area contributed by atoms with E-state index in [2.05, 4.69) is 19.9 Å². The first-order valence-electron chi connectivity index (χ1n) is 6.68. The second-order valence-corrected chi connectivity index (χ2v) is 6.90. The van der Waals surface area contributed by atoms with Crippen LogP contribution in [0.3, 0.4) is 0 Å². The highest BCUT2D eigenvalue weighted by Gasteiger charge is 2.25. The van der Waals surface area contributed by atoms with Crippen LogP contribution in [0.2, 0.25) is 0 Å². The lowest BCUT2D eigenvalue weighted by Gasteiger charge is -2.31. The molecule has 0 aromatic heterocycles. The summed E-state index contributed by atoms with van der Waals surface area (Å²) in [7, 11) is 1.70. The van der Waals surface area contributed by atoms with Gasteiger partial charge in [0.15, 0.2) is 0 Å². The molecule has 1 saturated carbocycles. The highest BCUT2D eigenvalue weighted by atomic mass is 32.2. The van der Waals surface area contributed by atoms with Gasteiger partial charge in [-0.05, 0) is 49.3 Å². The monoisotopic (exact) mass is 265 g/mol. The Morgan fingerprint density at radius 3 is 2.44 bits per heavy atom. The second-order valence-electron chi connectivity index (χ2n) is 5.56. The first kappa shape index (κ1) is 13.6. The summed E-state index contributed by atoms with van der Waals surface area (Å²) in [5, 5.41) is 0.693. The Kier molecular flexibility index (Phi) is 4.44. The highest BCUT2D eigenvalue weighted by Crippen LogP contribution is 2.41. The van der Waals surface area contributed by atoms with Gasteiger partial charge in [-0.3, -0.25) is 0 Å². The zero-order chi connectivity index (χ0) is 13.1. The van der Waals surface area contributed by atoms with E-state index in [4.69, 9.17) is 10.5 Å². The third kappa shape index (κ3) is 3.35. The molecule has 18 heavy (non-hydrogen) atoms. The predicted molar refractivity (Wildman–Crippen MR) is 79.2 cm³/mol. The van der Waals surface area contributed by atoms with Crippen LogP contribution in [0.4, 0.5) is 5.69 Å². The summed E-state index contributed by atoms with van der Waals surface area (Å²) in [6.45, 7) is 4.72. The topological polar surface area (TPSA) is 35.2 Å². The summed E-state index contributed by atoms with van der Waals surface area (Å²) in [6, 6.07) is 5.92. The number of anilines is 1. The fourth-order valence-electron chi connectivity index (χ4n) is 2.89. The minimum absolute atomic E-state index is 0.693. The molecule has 1 aromatic rings. The van der Waals surface area contributed by atoms with Gasteiger partial charge < -0.3 is 10.5 Å². The van der Waals surface area contributed by atoms with Crippen LogP contribution >= 0.6 is 11.8 Å². The van der Waals surface area contributed by atoms with Crippen molar-refractivity contribution in [3.63, 3.8) is 0 Å². The molecule has 0 radical (unpaired) electrons. The first-order valence-corrected chi connectivity index (χ1v) is 7.56. The number of hydrogen-bond acceptors (Lipinski definition) is 3. The molecule has 0 saturated heterocycles. The van der Waals surface area contributed by atoms with Crippen molar-refractivity contribution in [1.29, 1.82) is 0 Å². The number of thioether (sulfide) groups is 1. The Bertz CT molecular complexity index is 397. The van der Waals surface area contributed by atoms with Gasteiger partial charge in [-0.1, -0.05) is 13.8 Å². The van der Waals surface area contributed by atoms with Gasteiger partial charge in [-0.2, -0.15) is 0 Å². The quantitative estimate of drug-likeness (QED) is 0.832. The van der Waals surface area contributed by atoms with Crippen molar-refractivity contribution in [3.8, 4) is 5.75 Å². The number of rotatable bonds is 3. The van der Waals surface area contributed by atoms with Crippen molar-refractivity contribution < 1.29 is 4.74 Å². The van der Waals surface area contributed by atoms with E-state index in [-0.39, 0.29) is 0 Å². The molecule has 100 valence electrons. The fraction of sp³-hybridized carbons (Fsp3) is 0.600. The van der Waals surface area contributed by atoms with Crippen LogP contribution < -0.4 is 10.5 Å². The van der Waals surface area contributed by atoms with E-state index in [1.54, 1.807) is 7.11 Å². The molecular weight excluding hydrogens is 242 g/mol. The summed E-state index contributed by atoms with van der Waals surface area (Å²) in [5.74, 6) is 2.56. The minimum atomic E-state index is 0.693. The second kappa shape index (κ2) is 5.87. The van der Waals surface area contributed by atoms with Crippen LogP contribution in [0, 0.1) is 11.8 Å².